The van der Waals surface area contributed by atoms with Gasteiger partial charge in [-0.2, -0.15) is 0 Å². The molecule has 4 nitrogen and oxygen atoms in total. The first-order valence-electron chi connectivity index (χ1n) is 7.13. The van der Waals surface area contributed by atoms with E-state index in [4.69, 9.17) is 0 Å². The van der Waals surface area contributed by atoms with Crippen LogP contribution in [0.25, 0.3) is 11.4 Å². The highest BCUT2D eigenvalue weighted by Gasteiger charge is 2.14. The van der Waals surface area contributed by atoms with E-state index in [1.165, 1.54) is 0 Å². The monoisotopic (exact) mass is 289 g/mol. The zero-order valence-electron chi connectivity index (χ0n) is 12.0. The average Bonchev–Trinajstić information content (AvgIpc) is 2.61. The second kappa shape index (κ2) is 6.72. The van der Waals surface area contributed by atoms with Crippen LogP contribution < -0.4 is 0 Å². The molecule has 3 aromatic rings. The highest BCUT2D eigenvalue weighted by molar-refractivity contribution is 6.01. The van der Waals surface area contributed by atoms with Gasteiger partial charge < -0.3 is 0 Å². The highest BCUT2D eigenvalue weighted by atomic mass is 16.1. The van der Waals surface area contributed by atoms with Gasteiger partial charge >= 0.3 is 0 Å². The molecule has 0 atom stereocenters. The third-order valence-corrected chi connectivity index (χ3v) is 3.38. The van der Waals surface area contributed by atoms with Gasteiger partial charge in [-0.15, -0.1) is 0 Å². The Morgan fingerprint density at radius 1 is 0.909 bits per heavy atom. The Balaban J connectivity index is 1.81. The molecule has 3 rings (SSSR count). The summed E-state index contributed by atoms with van der Waals surface area (Å²) in [5.41, 5.74) is 3.02. The van der Waals surface area contributed by atoms with E-state index in [1.54, 1.807) is 30.9 Å². The molecule has 0 aliphatic carbocycles. The number of hydrogen-bond acceptors (Lipinski definition) is 4. The number of ketones is 1. The Hall–Kier alpha value is -2.88. The van der Waals surface area contributed by atoms with Crippen LogP contribution in [-0.2, 0) is 6.42 Å². The molecule has 0 aromatic carbocycles. The maximum absolute atomic E-state index is 12.5. The molecule has 108 valence electrons. The maximum atomic E-state index is 12.5. The maximum Gasteiger partial charge on any atom is 0.165 e. The fourth-order valence-corrected chi connectivity index (χ4v) is 2.28. The van der Waals surface area contributed by atoms with E-state index in [1.807, 2.05) is 36.4 Å². The van der Waals surface area contributed by atoms with Gasteiger partial charge in [0.25, 0.3) is 0 Å². The normalized spacial score (nSPS) is 10.4. The van der Waals surface area contributed by atoms with Crippen LogP contribution in [0.5, 0.6) is 0 Å². The fourth-order valence-electron chi connectivity index (χ4n) is 2.28. The summed E-state index contributed by atoms with van der Waals surface area (Å²) in [6.07, 6.45) is 8.00. The Morgan fingerprint density at radius 2 is 1.77 bits per heavy atom. The number of carbonyl (C=O) groups excluding carboxylic acids is 1. The van der Waals surface area contributed by atoms with Crippen LogP contribution >= 0.6 is 0 Å². The summed E-state index contributed by atoms with van der Waals surface area (Å²) in [5, 5.41) is 0. The molecule has 3 heterocycles. The second-order valence-electron chi connectivity index (χ2n) is 4.90. The van der Waals surface area contributed by atoms with Crippen molar-refractivity contribution in [3.8, 4) is 11.4 Å². The van der Waals surface area contributed by atoms with Crippen molar-refractivity contribution in [2.75, 3.05) is 0 Å². The van der Waals surface area contributed by atoms with Crippen molar-refractivity contribution in [3.05, 3.63) is 78.4 Å². The van der Waals surface area contributed by atoms with Crippen LogP contribution in [0.15, 0.2) is 67.3 Å². The minimum Gasteiger partial charge on any atom is -0.294 e. The molecule has 0 bridgehead atoms. The zero-order valence-corrected chi connectivity index (χ0v) is 12.0. The van der Waals surface area contributed by atoms with Crippen molar-refractivity contribution in [1.29, 1.82) is 0 Å². The molecular weight excluding hydrogens is 274 g/mol. The minimum atomic E-state index is 0.0672. The minimum absolute atomic E-state index is 0.0672. The third-order valence-electron chi connectivity index (χ3n) is 3.38. The fraction of sp³-hybridized carbons (Fsp3) is 0.111. The standard InChI is InChI=1S/C18H15N3O/c22-17(9-8-14-5-3-10-19-13-14)15-6-4-12-21-18(15)16-7-1-2-11-20-16/h1-7,10-13H,8-9H2. The second-order valence-corrected chi connectivity index (χ2v) is 4.90. The molecular formula is C18H15N3O. The van der Waals surface area contributed by atoms with E-state index in [9.17, 15) is 4.79 Å². The number of aryl methyl sites for hydroxylation is 1. The summed E-state index contributed by atoms with van der Waals surface area (Å²) in [4.78, 5) is 25.2. The van der Waals surface area contributed by atoms with E-state index in [2.05, 4.69) is 15.0 Å². The molecule has 0 aliphatic rings. The van der Waals surface area contributed by atoms with Gasteiger partial charge in [-0.3, -0.25) is 19.7 Å². The van der Waals surface area contributed by atoms with Crippen LogP contribution in [0.3, 0.4) is 0 Å². The van der Waals surface area contributed by atoms with Crippen LogP contribution in [-0.4, -0.2) is 20.7 Å². The lowest BCUT2D eigenvalue weighted by atomic mass is 10.0. The first-order valence-corrected chi connectivity index (χ1v) is 7.13. The number of Topliss-reactive ketones (excluding diaryl/α,β-unsaturated/α-hetero) is 1. The largest absolute Gasteiger partial charge is 0.294 e. The molecule has 0 saturated carbocycles. The number of rotatable bonds is 5. The number of carbonyl (C=O) groups is 1. The zero-order chi connectivity index (χ0) is 15.2. The first kappa shape index (κ1) is 14.1. The van der Waals surface area contributed by atoms with Crippen molar-refractivity contribution >= 4 is 5.78 Å². The van der Waals surface area contributed by atoms with Gasteiger partial charge in [0.05, 0.1) is 11.4 Å². The van der Waals surface area contributed by atoms with E-state index in [0.717, 1.165) is 5.56 Å². The molecule has 0 aliphatic heterocycles. The Morgan fingerprint density at radius 3 is 2.55 bits per heavy atom. The van der Waals surface area contributed by atoms with Gasteiger partial charge in [-0.1, -0.05) is 12.1 Å². The molecule has 0 unspecified atom stereocenters. The highest BCUT2D eigenvalue weighted by Crippen LogP contribution is 2.20. The lowest BCUT2D eigenvalue weighted by Gasteiger charge is -2.07. The smallest absolute Gasteiger partial charge is 0.165 e. The summed E-state index contributed by atoms with van der Waals surface area (Å²) in [5.74, 6) is 0.0672. The van der Waals surface area contributed by atoms with E-state index >= 15 is 0 Å². The van der Waals surface area contributed by atoms with Crippen molar-refractivity contribution in [2.24, 2.45) is 0 Å². The number of pyridine rings is 3. The predicted molar refractivity (Wildman–Crippen MR) is 84.4 cm³/mol. The predicted octanol–water partition coefficient (Wildman–Crippen LogP) is 3.35. The summed E-state index contributed by atoms with van der Waals surface area (Å²) in [6, 6.07) is 13.0. The van der Waals surface area contributed by atoms with Crippen molar-refractivity contribution in [3.63, 3.8) is 0 Å². The molecule has 0 saturated heterocycles. The summed E-state index contributed by atoms with van der Waals surface area (Å²) < 4.78 is 0. The van der Waals surface area contributed by atoms with Gasteiger partial charge in [0.1, 0.15) is 0 Å². The molecule has 0 radical (unpaired) electrons. The average molecular weight is 289 g/mol. The Kier molecular flexibility index (Phi) is 4.30. The number of nitrogens with zero attached hydrogens (tertiary/aromatic N) is 3. The van der Waals surface area contributed by atoms with Gasteiger partial charge in [0.15, 0.2) is 5.78 Å². The van der Waals surface area contributed by atoms with Crippen molar-refractivity contribution < 1.29 is 4.79 Å². The summed E-state index contributed by atoms with van der Waals surface area (Å²) in [6.45, 7) is 0. The third kappa shape index (κ3) is 3.23. The van der Waals surface area contributed by atoms with E-state index < -0.39 is 0 Å². The Bertz CT molecular complexity index is 758. The van der Waals surface area contributed by atoms with Gasteiger partial charge in [0, 0.05) is 36.8 Å². The van der Waals surface area contributed by atoms with E-state index in [-0.39, 0.29) is 5.78 Å². The van der Waals surface area contributed by atoms with Gasteiger partial charge in [-0.05, 0) is 42.3 Å². The topological polar surface area (TPSA) is 55.7 Å². The van der Waals surface area contributed by atoms with Crippen molar-refractivity contribution in [2.45, 2.75) is 12.8 Å². The molecule has 3 aromatic heterocycles. The molecule has 0 fully saturated rings. The van der Waals surface area contributed by atoms with Gasteiger partial charge in [0.2, 0.25) is 0 Å². The molecule has 0 N–H and O–H groups in total. The SMILES string of the molecule is O=C(CCc1cccnc1)c1cccnc1-c1ccccn1. The quantitative estimate of drug-likeness (QED) is 0.676. The molecule has 4 heteroatoms. The number of aromatic nitrogens is 3. The first-order chi connectivity index (χ1) is 10.8. The van der Waals surface area contributed by atoms with E-state index in [0.29, 0.717) is 29.8 Å². The lowest BCUT2D eigenvalue weighted by molar-refractivity contribution is 0.0983. The van der Waals surface area contributed by atoms with Crippen LogP contribution in [0.2, 0.25) is 0 Å². The molecule has 0 spiro atoms. The van der Waals surface area contributed by atoms with Crippen LogP contribution in [0.4, 0.5) is 0 Å². The van der Waals surface area contributed by atoms with Crippen LogP contribution in [0.1, 0.15) is 22.3 Å². The van der Waals surface area contributed by atoms with Gasteiger partial charge in [-0.25, -0.2) is 0 Å². The summed E-state index contributed by atoms with van der Waals surface area (Å²) in [7, 11) is 0. The lowest BCUT2D eigenvalue weighted by Crippen LogP contribution is -2.05. The van der Waals surface area contributed by atoms with Crippen LogP contribution in [0, 0.1) is 0 Å². The van der Waals surface area contributed by atoms with Crippen molar-refractivity contribution in [1.82, 2.24) is 15.0 Å². The number of hydrogen-bond donors (Lipinski definition) is 0. The Labute approximate surface area is 128 Å². The molecule has 0 amide bonds. The summed E-state index contributed by atoms with van der Waals surface area (Å²) >= 11 is 0. The molecule has 22 heavy (non-hydrogen) atoms.